The Morgan fingerprint density at radius 3 is 2.43 bits per heavy atom. The van der Waals surface area contributed by atoms with E-state index in [4.69, 9.17) is 10.7 Å². The Morgan fingerprint density at radius 1 is 1.05 bits per heavy atom. The maximum atomic E-state index is 6.50. The van der Waals surface area contributed by atoms with Crippen LogP contribution in [0.3, 0.4) is 0 Å². The van der Waals surface area contributed by atoms with E-state index < -0.39 is 0 Å². The van der Waals surface area contributed by atoms with Gasteiger partial charge in [-0.15, -0.1) is 11.3 Å². The molecule has 0 amide bonds. The van der Waals surface area contributed by atoms with Gasteiger partial charge in [0.25, 0.3) is 0 Å². The smallest absolute Gasteiger partial charge is 0.0954 e. The fraction of sp³-hybridized carbons (Fsp3) is 0.278. The first-order chi connectivity index (χ1) is 10.1. The molecule has 3 rings (SSSR count). The predicted octanol–water partition coefficient (Wildman–Crippen LogP) is 4.14. The highest BCUT2D eigenvalue weighted by Gasteiger charge is 2.29. The van der Waals surface area contributed by atoms with Crippen LogP contribution >= 0.6 is 11.3 Å². The third-order valence-corrected chi connectivity index (χ3v) is 5.24. The lowest BCUT2D eigenvalue weighted by molar-refractivity contribution is 0.406. The molecule has 2 N–H and O–H groups in total. The van der Waals surface area contributed by atoms with E-state index in [0.717, 1.165) is 16.9 Å². The van der Waals surface area contributed by atoms with Crippen LogP contribution in [0.2, 0.25) is 0 Å². The summed E-state index contributed by atoms with van der Waals surface area (Å²) in [5.41, 5.74) is 8.78. The normalized spacial score (nSPS) is 13.5. The SMILES string of the molecule is CC(C)(c1ccccc1)C(N)Cc1nc2ccccc2s1. The monoisotopic (exact) mass is 296 g/mol. The molecule has 21 heavy (non-hydrogen) atoms. The number of rotatable bonds is 4. The van der Waals surface area contributed by atoms with E-state index in [0.29, 0.717) is 0 Å². The summed E-state index contributed by atoms with van der Waals surface area (Å²) < 4.78 is 1.23. The van der Waals surface area contributed by atoms with Gasteiger partial charge < -0.3 is 5.73 Å². The number of hydrogen-bond acceptors (Lipinski definition) is 3. The summed E-state index contributed by atoms with van der Waals surface area (Å²) in [6.07, 6.45) is 0.807. The second-order valence-corrected chi connectivity index (χ2v) is 7.09. The first-order valence-electron chi connectivity index (χ1n) is 7.23. The van der Waals surface area contributed by atoms with Crippen molar-refractivity contribution < 1.29 is 0 Å². The molecule has 1 unspecified atom stereocenters. The molecule has 0 radical (unpaired) electrons. The standard InChI is InChI=1S/C18H20N2S/c1-18(2,13-8-4-3-5-9-13)16(19)12-17-20-14-10-6-7-11-15(14)21-17/h3-11,16H,12,19H2,1-2H3. The fourth-order valence-corrected chi connectivity index (χ4v) is 3.56. The highest BCUT2D eigenvalue weighted by atomic mass is 32.1. The Kier molecular flexibility index (Phi) is 3.79. The summed E-state index contributed by atoms with van der Waals surface area (Å²) in [6.45, 7) is 4.42. The number of hydrogen-bond donors (Lipinski definition) is 1. The molecule has 0 bridgehead atoms. The van der Waals surface area contributed by atoms with E-state index in [-0.39, 0.29) is 11.5 Å². The van der Waals surface area contributed by atoms with Gasteiger partial charge in [-0.25, -0.2) is 4.98 Å². The van der Waals surface area contributed by atoms with Crippen LogP contribution in [0.15, 0.2) is 54.6 Å². The summed E-state index contributed by atoms with van der Waals surface area (Å²) in [5, 5.41) is 1.12. The summed E-state index contributed by atoms with van der Waals surface area (Å²) in [5.74, 6) is 0. The lowest BCUT2D eigenvalue weighted by Crippen LogP contribution is -2.42. The molecule has 1 aromatic heterocycles. The zero-order valence-corrected chi connectivity index (χ0v) is 13.2. The zero-order chi connectivity index (χ0) is 14.9. The van der Waals surface area contributed by atoms with E-state index in [1.165, 1.54) is 10.3 Å². The minimum atomic E-state index is -0.0703. The summed E-state index contributed by atoms with van der Waals surface area (Å²) >= 11 is 1.75. The maximum Gasteiger partial charge on any atom is 0.0954 e. The van der Waals surface area contributed by atoms with Crippen molar-refractivity contribution in [1.29, 1.82) is 0 Å². The van der Waals surface area contributed by atoms with Crippen molar-refractivity contribution in [2.24, 2.45) is 5.73 Å². The molecule has 2 aromatic carbocycles. The molecule has 0 fully saturated rings. The van der Waals surface area contributed by atoms with Crippen LogP contribution in [-0.4, -0.2) is 11.0 Å². The maximum absolute atomic E-state index is 6.50. The molecule has 0 saturated carbocycles. The van der Waals surface area contributed by atoms with Crippen LogP contribution in [0.1, 0.15) is 24.4 Å². The molecule has 0 spiro atoms. The highest BCUT2D eigenvalue weighted by molar-refractivity contribution is 7.18. The minimum Gasteiger partial charge on any atom is -0.327 e. The molecule has 1 heterocycles. The Hall–Kier alpha value is -1.71. The zero-order valence-electron chi connectivity index (χ0n) is 12.4. The van der Waals surface area contributed by atoms with Crippen LogP contribution in [0, 0.1) is 0 Å². The second kappa shape index (κ2) is 5.58. The van der Waals surface area contributed by atoms with E-state index in [2.05, 4.69) is 56.3 Å². The van der Waals surface area contributed by atoms with E-state index >= 15 is 0 Å². The first-order valence-corrected chi connectivity index (χ1v) is 8.04. The highest BCUT2D eigenvalue weighted by Crippen LogP contribution is 2.30. The number of thiazole rings is 1. The van der Waals surface area contributed by atoms with Gasteiger partial charge >= 0.3 is 0 Å². The van der Waals surface area contributed by atoms with Crippen molar-refractivity contribution in [1.82, 2.24) is 4.98 Å². The van der Waals surface area contributed by atoms with E-state index in [1.54, 1.807) is 11.3 Å². The van der Waals surface area contributed by atoms with Gasteiger partial charge in [-0.05, 0) is 17.7 Å². The largest absolute Gasteiger partial charge is 0.327 e. The Labute approximate surface area is 129 Å². The Morgan fingerprint density at radius 2 is 1.71 bits per heavy atom. The van der Waals surface area contributed by atoms with Crippen LogP contribution < -0.4 is 5.73 Å². The number of benzene rings is 2. The average Bonchev–Trinajstić information content (AvgIpc) is 2.90. The van der Waals surface area contributed by atoms with Gasteiger partial charge in [0.2, 0.25) is 0 Å². The van der Waals surface area contributed by atoms with Gasteiger partial charge in [0.1, 0.15) is 0 Å². The van der Waals surface area contributed by atoms with E-state index in [9.17, 15) is 0 Å². The molecular formula is C18H20N2S. The lowest BCUT2D eigenvalue weighted by Gasteiger charge is -2.31. The molecule has 3 aromatic rings. The van der Waals surface area contributed by atoms with Gasteiger partial charge in [0.05, 0.1) is 15.2 Å². The van der Waals surface area contributed by atoms with Crippen molar-refractivity contribution in [2.45, 2.75) is 31.7 Å². The predicted molar refractivity (Wildman–Crippen MR) is 90.8 cm³/mol. The van der Waals surface area contributed by atoms with Crippen LogP contribution in [0.5, 0.6) is 0 Å². The van der Waals surface area contributed by atoms with Crippen molar-refractivity contribution in [3.63, 3.8) is 0 Å². The van der Waals surface area contributed by atoms with Crippen molar-refractivity contribution in [3.8, 4) is 0 Å². The van der Waals surface area contributed by atoms with Crippen molar-refractivity contribution >= 4 is 21.6 Å². The van der Waals surface area contributed by atoms with Gasteiger partial charge in [0.15, 0.2) is 0 Å². The second-order valence-electron chi connectivity index (χ2n) is 5.97. The number of para-hydroxylation sites is 1. The van der Waals surface area contributed by atoms with Gasteiger partial charge in [-0.1, -0.05) is 56.3 Å². The number of aromatic nitrogens is 1. The molecule has 0 aliphatic rings. The first kappa shape index (κ1) is 14.2. The molecule has 0 aliphatic heterocycles. The summed E-state index contributed by atoms with van der Waals surface area (Å²) in [6, 6.07) is 18.8. The quantitative estimate of drug-likeness (QED) is 0.785. The molecule has 2 nitrogen and oxygen atoms in total. The van der Waals surface area contributed by atoms with Crippen LogP contribution in [0.4, 0.5) is 0 Å². The number of fused-ring (bicyclic) bond motifs is 1. The summed E-state index contributed by atoms with van der Waals surface area (Å²) in [4.78, 5) is 4.70. The van der Waals surface area contributed by atoms with Crippen LogP contribution in [0.25, 0.3) is 10.2 Å². The lowest BCUT2D eigenvalue weighted by atomic mass is 9.77. The molecule has 0 saturated heterocycles. The molecule has 0 aliphatic carbocycles. The molecule has 108 valence electrons. The van der Waals surface area contributed by atoms with Crippen LogP contribution in [-0.2, 0) is 11.8 Å². The molecule has 3 heteroatoms. The molecular weight excluding hydrogens is 276 g/mol. The van der Waals surface area contributed by atoms with Gasteiger partial charge in [0, 0.05) is 17.9 Å². The minimum absolute atomic E-state index is 0.0421. The number of nitrogens with zero attached hydrogens (tertiary/aromatic N) is 1. The average molecular weight is 296 g/mol. The van der Waals surface area contributed by atoms with E-state index in [1.807, 2.05) is 12.1 Å². The summed E-state index contributed by atoms with van der Waals surface area (Å²) in [7, 11) is 0. The topological polar surface area (TPSA) is 38.9 Å². The van der Waals surface area contributed by atoms with Gasteiger partial charge in [-0.3, -0.25) is 0 Å². The fourth-order valence-electron chi connectivity index (χ4n) is 2.53. The van der Waals surface area contributed by atoms with Crippen molar-refractivity contribution in [3.05, 3.63) is 65.2 Å². The van der Waals surface area contributed by atoms with Crippen molar-refractivity contribution in [2.75, 3.05) is 0 Å². The van der Waals surface area contributed by atoms with Gasteiger partial charge in [-0.2, -0.15) is 0 Å². The molecule has 1 atom stereocenters. The Bertz CT molecular complexity index is 698. The number of nitrogens with two attached hydrogens (primary N) is 1. The Balaban J connectivity index is 1.83. The third-order valence-electron chi connectivity index (χ3n) is 4.18. The third kappa shape index (κ3) is 2.85.